The van der Waals surface area contributed by atoms with E-state index in [1.54, 1.807) is 18.2 Å². The van der Waals surface area contributed by atoms with Crippen LogP contribution in [0.4, 0.5) is 4.39 Å². The molecule has 0 unspecified atom stereocenters. The van der Waals surface area contributed by atoms with E-state index in [4.69, 9.17) is 5.73 Å². The maximum Gasteiger partial charge on any atom is 0.128 e. The molecular weight excluding hydrogens is 280 g/mol. The van der Waals surface area contributed by atoms with Crippen molar-refractivity contribution in [3.63, 3.8) is 0 Å². The normalized spacial score (nSPS) is 12.5. The molecule has 1 aromatic rings. The van der Waals surface area contributed by atoms with Gasteiger partial charge in [0.2, 0.25) is 0 Å². The van der Waals surface area contributed by atoms with Crippen molar-refractivity contribution < 1.29 is 4.39 Å². The van der Waals surface area contributed by atoms with Gasteiger partial charge in [-0.3, -0.25) is 0 Å². The van der Waals surface area contributed by atoms with E-state index < -0.39 is 0 Å². The molecule has 3 heteroatoms. The van der Waals surface area contributed by atoms with Gasteiger partial charge in [-0.05, 0) is 47.2 Å². The molecule has 0 spiro atoms. The Bertz CT molecular complexity index is 312. The minimum absolute atomic E-state index is 0.241. The van der Waals surface area contributed by atoms with Gasteiger partial charge in [0.1, 0.15) is 5.82 Å². The van der Waals surface area contributed by atoms with Gasteiger partial charge < -0.3 is 5.73 Å². The number of rotatable bonds is 3. The third-order valence-electron chi connectivity index (χ3n) is 1.78. The van der Waals surface area contributed by atoms with E-state index in [0.717, 1.165) is 3.57 Å². The lowest BCUT2D eigenvalue weighted by Crippen LogP contribution is -2.11. The third kappa shape index (κ3) is 2.77. The van der Waals surface area contributed by atoms with Gasteiger partial charge in [-0.15, -0.1) is 6.58 Å². The monoisotopic (exact) mass is 291 g/mol. The Morgan fingerprint density at radius 2 is 2.31 bits per heavy atom. The molecular formula is C10H11FIN. The molecule has 0 heterocycles. The summed E-state index contributed by atoms with van der Waals surface area (Å²) in [5, 5.41) is 0. The van der Waals surface area contributed by atoms with Crippen LogP contribution < -0.4 is 5.73 Å². The van der Waals surface area contributed by atoms with Crippen LogP contribution >= 0.6 is 22.6 Å². The maximum atomic E-state index is 13.2. The Balaban J connectivity index is 2.97. The first-order chi connectivity index (χ1) is 6.15. The van der Waals surface area contributed by atoms with Crippen LogP contribution in [-0.4, -0.2) is 0 Å². The summed E-state index contributed by atoms with van der Waals surface area (Å²) in [7, 11) is 0. The second-order valence-corrected chi connectivity index (χ2v) is 4.04. The lowest BCUT2D eigenvalue weighted by atomic mass is 10.0. The highest BCUT2D eigenvalue weighted by Gasteiger charge is 2.09. The average Bonchev–Trinajstić information content (AvgIpc) is 2.09. The van der Waals surface area contributed by atoms with Crippen LogP contribution in [0.15, 0.2) is 30.9 Å². The molecule has 1 atom stereocenters. The van der Waals surface area contributed by atoms with Gasteiger partial charge in [-0.1, -0.05) is 6.08 Å². The van der Waals surface area contributed by atoms with Gasteiger partial charge in [0.15, 0.2) is 0 Å². The molecule has 0 fully saturated rings. The molecule has 0 aromatic heterocycles. The number of hydrogen-bond donors (Lipinski definition) is 1. The van der Waals surface area contributed by atoms with Gasteiger partial charge in [-0.25, -0.2) is 4.39 Å². The number of halogens is 2. The van der Waals surface area contributed by atoms with E-state index in [1.165, 1.54) is 6.07 Å². The molecule has 0 saturated heterocycles. The molecule has 0 radical (unpaired) electrons. The van der Waals surface area contributed by atoms with E-state index in [-0.39, 0.29) is 11.9 Å². The summed E-state index contributed by atoms with van der Waals surface area (Å²) >= 11 is 2.14. The molecule has 13 heavy (non-hydrogen) atoms. The van der Waals surface area contributed by atoms with Crippen molar-refractivity contribution in [2.24, 2.45) is 5.73 Å². The van der Waals surface area contributed by atoms with E-state index in [1.807, 2.05) is 0 Å². The van der Waals surface area contributed by atoms with Gasteiger partial charge in [0, 0.05) is 15.2 Å². The molecule has 0 aliphatic carbocycles. The predicted octanol–water partition coefficient (Wildman–Crippen LogP) is 3.01. The minimum atomic E-state index is -0.285. The summed E-state index contributed by atoms with van der Waals surface area (Å²) in [6.07, 6.45) is 2.29. The largest absolute Gasteiger partial charge is 0.324 e. The Morgan fingerprint density at radius 1 is 1.62 bits per heavy atom. The van der Waals surface area contributed by atoms with Crippen molar-refractivity contribution in [3.05, 3.63) is 45.8 Å². The van der Waals surface area contributed by atoms with Gasteiger partial charge in [0.25, 0.3) is 0 Å². The van der Waals surface area contributed by atoms with Crippen molar-refractivity contribution >= 4 is 22.6 Å². The van der Waals surface area contributed by atoms with E-state index in [0.29, 0.717) is 12.0 Å². The van der Waals surface area contributed by atoms with Crippen LogP contribution in [0.2, 0.25) is 0 Å². The Labute approximate surface area is 91.0 Å². The second-order valence-electron chi connectivity index (χ2n) is 2.80. The molecule has 0 aliphatic rings. The highest BCUT2D eigenvalue weighted by Crippen LogP contribution is 2.20. The van der Waals surface area contributed by atoms with Crippen molar-refractivity contribution in [1.29, 1.82) is 0 Å². The fourth-order valence-corrected chi connectivity index (χ4v) is 1.62. The summed E-state index contributed by atoms with van der Waals surface area (Å²) < 4.78 is 14.2. The van der Waals surface area contributed by atoms with E-state index >= 15 is 0 Å². The third-order valence-corrected chi connectivity index (χ3v) is 2.45. The molecule has 2 N–H and O–H groups in total. The predicted molar refractivity (Wildman–Crippen MR) is 60.9 cm³/mol. The molecule has 0 aliphatic heterocycles. The molecule has 1 aromatic carbocycles. The zero-order valence-corrected chi connectivity index (χ0v) is 9.29. The van der Waals surface area contributed by atoms with Crippen molar-refractivity contribution in [2.75, 3.05) is 0 Å². The highest BCUT2D eigenvalue weighted by atomic mass is 127. The first-order valence-electron chi connectivity index (χ1n) is 3.96. The fourth-order valence-electron chi connectivity index (χ4n) is 1.11. The summed E-state index contributed by atoms with van der Waals surface area (Å²) in [6, 6.07) is 4.65. The quantitative estimate of drug-likeness (QED) is 0.672. The zero-order chi connectivity index (χ0) is 9.84. The molecule has 0 bridgehead atoms. The lowest BCUT2D eigenvalue weighted by molar-refractivity contribution is 0.583. The Hall–Kier alpha value is -0.420. The molecule has 0 amide bonds. The van der Waals surface area contributed by atoms with E-state index in [9.17, 15) is 4.39 Å². The number of nitrogens with two attached hydrogens (primary N) is 1. The molecule has 1 rings (SSSR count). The summed E-state index contributed by atoms with van der Waals surface area (Å²) in [5.74, 6) is -0.241. The van der Waals surface area contributed by atoms with Crippen LogP contribution in [0.1, 0.15) is 18.0 Å². The summed E-state index contributed by atoms with van der Waals surface area (Å²) in [4.78, 5) is 0. The first-order valence-corrected chi connectivity index (χ1v) is 5.04. The fraction of sp³-hybridized carbons (Fsp3) is 0.200. The zero-order valence-electron chi connectivity index (χ0n) is 7.13. The van der Waals surface area contributed by atoms with Crippen LogP contribution in [0, 0.1) is 9.39 Å². The minimum Gasteiger partial charge on any atom is -0.324 e. The van der Waals surface area contributed by atoms with Crippen LogP contribution in [0.3, 0.4) is 0 Å². The smallest absolute Gasteiger partial charge is 0.128 e. The van der Waals surface area contributed by atoms with E-state index in [2.05, 4.69) is 29.2 Å². The highest BCUT2D eigenvalue weighted by molar-refractivity contribution is 14.1. The summed E-state index contributed by atoms with van der Waals surface area (Å²) in [6.45, 7) is 3.57. The average molecular weight is 291 g/mol. The Morgan fingerprint density at radius 3 is 2.92 bits per heavy atom. The topological polar surface area (TPSA) is 26.0 Å². The van der Waals surface area contributed by atoms with Gasteiger partial charge in [-0.2, -0.15) is 0 Å². The second kappa shape index (κ2) is 4.72. The maximum absolute atomic E-state index is 13.2. The van der Waals surface area contributed by atoms with Gasteiger partial charge in [0.05, 0.1) is 0 Å². The van der Waals surface area contributed by atoms with Crippen LogP contribution in [0.25, 0.3) is 0 Å². The number of benzene rings is 1. The molecule has 0 saturated carbocycles. The van der Waals surface area contributed by atoms with Crippen LogP contribution in [-0.2, 0) is 0 Å². The lowest BCUT2D eigenvalue weighted by Gasteiger charge is -2.10. The number of hydrogen-bond acceptors (Lipinski definition) is 1. The molecule has 1 nitrogen and oxygen atoms in total. The SMILES string of the molecule is C=CC[C@H](N)c1cc(I)ccc1F. The Kier molecular flexibility index (Phi) is 3.87. The van der Waals surface area contributed by atoms with Crippen molar-refractivity contribution in [3.8, 4) is 0 Å². The summed E-state index contributed by atoms with van der Waals surface area (Å²) in [5.41, 5.74) is 6.32. The first kappa shape index (κ1) is 10.7. The standard InChI is InChI=1S/C10H11FIN/c1-2-3-10(13)8-6-7(12)4-5-9(8)11/h2,4-6,10H,1,3,13H2/t10-/m0/s1. The van der Waals surface area contributed by atoms with Crippen LogP contribution in [0.5, 0.6) is 0 Å². The molecule has 70 valence electrons. The van der Waals surface area contributed by atoms with Gasteiger partial charge >= 0.3 is 0 Å². The van der Waals surface area contributed by atoms with Crippen molar-refractivity contribution in [2.45, 2.75) is 12.5 Å². The van der Waals surface area contributed by atoms with Crippen molar-refractivity contribution in [1.82, 2.24) is 0 Å².